The molecule has 1 aliphatic rings. The molecule has 1 aromatic rings. The second-order valence-corrected chi connectivity index (χ2v) is 7.63. The van der Waals surface area contributed by atoms with Crippen LogP contribution >= 0.6 is 0 Å². The van der Waals surface area contributed by atoms with Crippen molar-refractivity contribution in [2.45, 2.75) is 65.7 Å². The molecule has 0 atom stereocenters. The van der Waals surface area contributed by atoms with Gasteiger partial charge < -0.3 is 0 Å². The summed E-state index contributed by atoms with van der Waals surface area (Å²) in [5, 5.41) is 9.67. The highest BCUT2D eigenvalue weighted by Crippen LogP contribution is 2.46. The van der Waals surface area contributed by atoms with Crippen LogP contribution in [0, 0.1) is 22.2 Å². The number of rotatable bonds is 3. The Morgan fingerprint density at radius 1 is 1.05 bits per heavy atom. The van der Waals surface area contributed by atoms with Crippen LogP contribution in [0.4, 0.5) is 0 Å². The summed E-state index contributed by atoms with van der Waals surface area (Å²) in [6.45, 7) is 9.08. The highest BCUT2D eigenvalue weighted by Gasteiger charge is 2.38. The minimum Gasteiger partial charge on any atom is -0.198 e. The molecular weight excluding hydrogens is 242 g/mol. The van der Waals surface area contributed by atoms with Crippen molar-refractivity contribution in [3.63, 3.8) is 0 Å². The zero-order valence-electron chi connectivity index (χ0n) is 13.4. The van der Waals surface area contributed by atoms with Crippen molar-refractivity contribution in [1.29, 1.82) is 5.26 Å². The van der Waals surface area contributed by atoms with E-state index in [1.807, 2.05) is 0 Å². The van der Waals surface area contributed by atoms with Gasteiger partial charge in [-0.2, -0.15) is 5.26 Å². The van der Waals surface area contributed by atoms with Crippen LogP contribution in [0.25, 0.3) is 0 Å². The third kappa shape index (κ3) is 3.42. The first kappa shape index (κ1) is 15.1. The molecular formula is C19H27N. The molecule has 1 nitrogen and oxygen atoms in total. The van der Waals surface area contributed by atoms with Crippen LogP contribution in [0.5, 0.6) is 0 Å². The number of nitriles is 1. The topological polar surface area (TPSA) is 23.8 Å². The molecule has 1 aliphatic carbocycles. The predicted octanol–water partition coefficient (Wildman–Crippen LogP) is 5.46. The third-order valence-electron chi connectivity index (χ3n) is 4.99. The van der Waals surface area contributed by atoms with Crippen LogP contribution < -0.4 is 0 Å². The fourth-order valence-corrected chi connectivity index (χ4v) is 3.14. The Morgan fingerprint density at radius 3 is 2.05 bits per heavy atom. The second kappa shape index (κ2) is 5.60. The van der Waals surface area contributed by atoms with E-state index in [1.54, 1.807) is 0 Å². The van der Waals surface area contributed by atoms with Gasteiger partial charge in [0.25, 0.3) is 0 Å². The van der Waals surface area contributed by atoms with E-state index >= 15 is 0 Å². The normalized spacial score (nSPS) is 20.6. The van der Waals surface area contributed by atoms with Crippen LogP contribution in [-0.2, 0) is 6.42 Å². The lowest BCUT2D eigenvalue weighted by Crippen LogP contribution is -2.31. The molecule has 0 saturated heterocycles. The van der Waals surface area contributed by atoms with Crippen molar-refractivity contribution >= 4 is 0 Å². The number of nitrogens with zero attached hydrogens (tertiary/aromatic N) is 1. The van der Waals surface area contributed by atoms with E-state index in [0.717, 1.165) is 19.3 Å². The predicted molar refractivity (Wildman–Crippen MR) is 84.5 cm³/mol. The minimum absolute atomic E-state index is 0.130. The lowest BCUT2D eigenvalue weighted by molar-refractivity contribution is 0.146. The first-order chi connectivity index (χ1) is 9.36. The lowest BCUT2D eigenvalue weighted by atomic mass is 9.64. The number of hydrogen-bond acceptors (Lipinski definition) is 1. The SMILES string of the molecule is CC(C)c1ccc(CC2(C#N)CCC(C)(C)CC2)cc1. The molecule has 1 aromatic carbocycles. The van der Waals surface area contributed by atoms with Gasteiger partial charge in [-0.05, 0) is 54.6 Å². The average molecular weight is 269 g/mol. The molecule has 0 aliphatic heterocycles. The molecule has 0 spiro atoms. The van der Waals surface area contributed by atoms with Crippen molar-refractivity contribution in [2.24, 2.45) is 10.8 Å². The largest absolute Gasteiger partial charge is 0.198 e. The Morgan fingerprint density at radius 2 is 1.60 bits per heavy atom. The molecule has 108 valence electrons. The molecule has 0 bridgehead atoms. The first-order valence-corrected chi connectivity index (χ1v) is 7.86. The maximum absolute atomic E-state index is 9.67. The molecule has 0 aromatic heterocycles. The van der Waals surface area contributed by atoms with Crippen LogP contribution in [0.2, 0.25) is 0 Å². The molecule has 1 heteroatoms. The van der Waals surface area contributed by atoms with Crippen LogP contribution in [-0.4, -0.2) is 0 Å². The van der Waals surface area contributed by atoms with Crippen molar-refractivity contribution in [3.05, 3.63) is 35.4 Å². The summed E-state index contributed by atoms with van der Waals surface area (Å²) in [6, 6.07) is 11.5. The van der Waals surface area contributed by atoms with Crippen LogP contribution in [0.15, 0.2) is 24.3 Å². The van der Waals surface area contributed by atoms with E-state index in [-0.39, 0.29) is 5.41 Å². The zero-order chi connectivity index (χ0) is 14.8. The zero-order valence-corrected chi connectivity index (χ0v) is 13.4. The van der Waals surface area contributed by atoms with Crippen LogP contribution in [0.3, 0.4) is 0 Å². The van der Waals surface area contributed by atoms with E-state index in [0.29, 0.717) is 11.3 Å². The van der Waals surface area contributed by atoms with Gasteiger partial charge in [0.2, 0.25) is 0 Å². The fraction of sp³-hybridized carbons (Fsp3) is 0.632. The van der Waals surface area contributed by atoms with Crippen molar-refractivity contribution in [3.8, 4) is 6.07 Å². The van der Waals surface area contributed by atoms with Gasteiger partial charge in [-0.3, -0.25) is 0 Å². The standard InChI is InChI=1S/C19H27N/c1-15(2)17-7-5-16(6-8-17)13-19(14-20)11-9-18(3,4)10-12-19/h5-8,15H,9-13H2,1-4H3. The number of hydrogen-bond donors (Lipinski definition) is 0. The molecule has 0 radical (unpaired) electrons. The maximum Gasteiger partial charge on any atom is 0.0693 e. The van der Waals surface area contributed by atoms with E-state index in [4.69, 9.17) is 0 Å². The van der Waals surface area contributed by atoms with Gasteiger partial charge >= 0.3 is 0 Å². The van der Waals surface area contributed by atoms with Crippen molar-refractivity contribution < 1.29 is 0 Å². The van der Waals surface area contributed by atoms with E-state index < -0.39 is 0 Å². The molecule has 1 saturated carbocycles. The van der Waals surface area contributed by atoms with Crippen molar-refractivity contribution in [1.82, 2.24) is 0 Å². The summed E-state index contributed by atoms with van der Waals surface area (Å²) in [6.07, 6.45) is 5.35. The quantitative estimate of drug-likeness (QED) is 0.714. The summed E-state index contributed by atoms with van der Waals surface area (Å²) < 4.78 is 0. The van der Waals surface area contributed by atoms with Gasteiger partial charge in [0.15, 0.2) is 0 Å². The lowest BCUT2D eigenvalue weighted by Gasteiger charge is -2.39. The number of benzene rings is 1. The molecule has 0 N–H and O–H groups in total. The first-order valence-electron chi connectivity index (χ1n) is 7.86. The summed E-state index contributed by atoms with van der Waals surface area (Å²) >= 11 is 0. The monoisotopic (exact) mass is 269 g/mol. The Kier molecular flexibility index (Phi) is 4.23. The van der Waals surface area contributed by atoms with Crippen LogP contribution in [0.1, 0.15) is 70.4 Å². The minimum atomic E-state index is -0.130. The smallest absolute Gasteiger partial charge is 0.0693 e. The van der Waals surface area contributed by atoms with Crippen molar-refractivity contribution in [2.75, 3.05) is 0 Å². The highest BCUT2D eigenvalue weighted by molar-refractivity contribution is 5.27. The van der Waals surface area contributed by atoms with E-state index in [9.17, 15) is 5.26 Å². The molecule has 2 rings (SSSR count). The van der Waals surface area contributed by atoms with Gasteiger partial charge in [0, 0.05) is 0 Å². The summed E-state index contributed by atoms with van der Waals surface area (Å²) in [7, 11) is 0. The van der Waals surface area contributed by atoms with Gasteiger partial charge in [-0.15, -0.1) is 0 Å². The Labute approximate surface area is 124 Å². The molecule has 0 heterocycles. The summed E-state index contributed by atoms with van der Waals surface area (Å²) in [5.41, 5.74) is 2.98. The maximum atomic E-state index is 9.67. The summed E-state index contributed by atoms with van der Waals surface area (Å²) in [4.78, 5) is 0. The van der Waals surface area contributed by atoms with Gasteiger partial charge in [0.05, 0.1) is 11.5 Å². The van der Waals surface area contributed by atoms with E-state index in [2.05, 4.69) is 58.0 Å². The average Bonchev–Trinajstić information content (AvgIpc) is 2.42. The third-order valence-corrected chi connectivity index (χ3v) is 4.99. The molecule has 1 fully saturated rings. The molecule has 0 unspecified atom stereocenters. The highest BCUT2D eigenvalue weighted by atomic mass is 14.4. The fourth-order valence-electron chi connectivity index (χ4n) is 3.14. The Hall–Kier alpha value is -1.29. The second-order valence-electron chi connectivity index (χ2n) is 7.63. The van der Waals surface area contributed by atoms with Gasteiger partial charge in [0.1, 0.15) is 0 Å². The molecule has 20 heavy (non-hydrogen) atoms. The summed E-state index contributed by atoms with van der Waals surface area (Å²) in [5.74, 6) is 0.574. The van der Waals surface area contributed by atoms with E-state index in [1.165, 1.54) is 24.0 Å². The Bertz CT molecular complexity index is 477. The van der Waals surface area contributed by atoms with Gasteiger partial charge in [-0.25, -0.2) is 0 Å². The Balaban J connectivity index is 2.09. The molecule has 0 amide bonds. The van der Waals surface area contributed by atoms with Gasteiger partial charge in [-0.1, -0.05) is 52.0 Å².